The Morgan fingerprint density at radius 1 is 1.44 bits per heavy atom. The molecule has 0 aliphatic rings. The van der Waals surface area contributed by atoms with Crippen molar-refractivity contribution in [2.45, 2.75) is 25.8 Å². The number of aromatic nitrogens is 3. The summed E-state index contributed by atoms with van der Waals surface area (Å²) in [4.78, 5) is 4.37. The Bertz CT molecular complexity index is 424. The molecule has 0 saturated carbocycles. The van der Waals surface area contributed by atoms with Gasteiger partial charge in [-0.15, -0.1) is 5.10 Å². The van der Waals surface area contributed by atoms with Crippen LogP contribution >= 0.6 is 11.5 Å². The number of nitrogens with two attached hydrogens (primary N) is 1. The van der Waals surface area contributed by atoms with Crippen LogP contribution in [0.2, 0.25) is 0 Å². The van der Waals surface area contributed by atoms with Gasteiger partial charge in [0.2, 0.25) is 0 Å². The van der Waals surface area contributed by atoms with Gasteiger partial charge in [-0.25, -0.2) is 0 Å². The zero-order chi connectivity index (χ0) is 11.4. The summed E-state index contributed by atoms with van der Waals surface area (Å²) in [5, 5.41) is 5.84. The third-order valence-electron chi connectivity index (χ3n) is 2.48. The summed E-state index contributed by atoms with van der Waals surface area (Å²) >= 11 is 1.32. The highest BCUT2D eigenvalue weighted by molar-refractivity contribution is 7.03. The number of hydrogen-bond acceptors (Lipinski definition) is 5. The number of rotatable bonds is 4. The maximum Gasteiger partial charge on any atom is 0.0926 e. The van der Waals surface area contributed by atoms with Crippen LogP contribution in [0.15, 0.2) is 23.7 Å². The maximum atomic E-state index is 6.01. The molecule has 0 fully saturated rings. The monoisotopic (exact) mass is 234 g/mol. The Labute approximate surface area is 98.7 Å². The van der Waals surface area contributed by atoms with Crippen molar-refractivity contribution >= 4 is 11.5 Å². The van der Waals surface area contributed by atoms with Crippen LogP contribution in [0, 0.1) is 0 Å². The Balaban J connectivity index is 2.03. The van der Waals surface area contributed by atoms with Crippen molar-refractivity contribution in [2.75, 3.05) is 0 Å². The molecule has 84 valence electrons. The van der Waals surface area contributed by atoms with E-state index in [1.807, 2.05) is 17.6 Å². The predicted molar refractivity (Wildman–Crippen MR) is 64.2 cm³/mol. The van der Waals surface area contributed by atoms with E-state index in [-0.39, 0.29) is 6.04 Å². The first-order valence-corrected chi connectivity index (χ1v) is 6.09. The lowest BCUT2D eigenvalue weighted by Gasteiger charge is -2.07. The first kappa shape index (κ1) is 11.2. The minimum atomic E-state index is -0.112. The van der Waals surface area contributed by atoms with Gasteiger partial charge < -0.3 is 5.73 Å². The van der Waals surface area contributed by atoms with Crippen LogP contribution in [-0.4, -0.2) is 14.6 Å². The molecule has 0 aliphatic carbocycles. The van der Waals surface area contributed by atoms with Crippen molar-refractivity contribution in [3.05, 3.63) is 40.7 Å². The van der Waals surface area contributed by atoms with E-state index in [0.717, 1.165) is 17.8 Å². The fourth-order valence-corrected chi connectivity index (χ4v) is 1.97. The lowest BCUT2D eigenvalue weighted by atomic mass is 10.1. The highest BCUT2D eigenvalue weighted by Gasteiger charge is 2.10. The molecule has 5 heteroatoms. The van der Waals surface area contributed by atoms with E-state index in [9.17, 15) is 0 Å². The number of nitrogens with zero attached hydrogens (tertiary/aromatic N) is 3. The highest BCUT2D eigenvalue weighted by Crippen LogP contribution is 2.13. The average Bonchev–Trinajstić information content (AvgIpc) is 2.83. The van der Waals surface area contributed by atoms with E-state index in [4.69, 9.17) is 5.73 Å². The van der Waals surface area contributed by atoms with Gasteiger partial charge in [-0.2, -0.15) is 0 Å². The number of pyridine rings is 1. The van der Waals surface area contributed by atoms with E-state index < -0.39 is 0 Å². The van der Waals surface area contributed by atoms with Crippen LogP contribution in [0.4, 0.5) is 0 Å². The Hall–Kier alpha value is -1.33. The molecular formula is C11H14N4S. The minimum absolute atomic E-state index is 0.112. The standard InChI is InChI=1S/C11H14N4S/c1-2-8-3-4-9(13-6-8)5-10(12)11-7-16-15-14-11/h3-4,6-7,10H,2,5,12H2,1H3. The zero-order valence-electron chi connectivity index (χ0n) is 9.13. The normalized spacial score (nSPS) is 12.6. The predicted octanol–water partition coefficient (Wildman–Crippen LogP) is 1.74. The van der Waals surface area contributed by atoms with Crippen molar-refractivity contribution in [3.63, 3.8) is 0 Å². The van der Waals surface area contributed by atoms with Crippen LogP contribution < -0.4 is 5.73 Å². The summed E-state index contributed by atoms with van der Waals surface area (Å²) in [6, 6.07) is 4.01. The van der Waals surface area contributed by atoms with Gasteiger partial charge in [0, 0.05) is 23.7 Å². The number of hydrogen-bond donors (Lipinski definition) is 1. The molecule has 1 atom stereocenters. The van der Waals surface area contributed by atoms with Crippen LogP contribution in [0.5, 0.6) is 0 Å². The molecule has 2 aromatic rings. The van der Waals surface area contributed by atoms with Gasteiger partial charge >= 0.3 is 0 Å². The summed E-state index contributed by atoms with van der Waals surface area (Å²) in [6.45, 7) is 2.11. The van der Waals surface area contributed by atoms with Gasteiger partial charge in [0.1, 0.15) is 0 Å². The molecule has 2 rings (SSSR count). The molecule has 1 unspecified atom stereocenters. The largest absolute Gasteiger partial charge is 0.322 e. The molecule has 2 N–H and O–H groups in total. The van der Waals surface area contributed by atoms with Gasteiger partial charge in [0.25, 0.3) is 0 Å². The van der Waals surface area contributed by atoms with Crippen molar-refractivity contribution in [3.8, 4) is 0 Å². The summed E-state index contributed by atoms with van der Waals surface area (Å²) in [5.41, 5.74) is 9.09. The fourth-order valence-electron chi connectivity index (χ4n) is 1.45. The molecule has 2 heterocycles. The van der Waals surface area contributed by atoms with Crippen LogP contribution in [0.1, 0.15) is 29.9 Å². The van der Waals surface area contributed by atoms with Gasteiger partial charge in [-0.1, -0.05) is 17.5 Å². The quantitative estimate of drug-likeness (QED) is 0.875. The van der Waals surface area contributed by atoms with Crippen LogP contribution in [0.25, 0.3) is 0 Å². The smallest absolute Gasteiger partial charge is 0.0926 e. The van der Waals surface area contributed by atoms with Crippen molar-refractivity contribution in [1.29, 1.82) is 0 Å². The Morgan fingerprint density at radius 3 is 2.88 bits per heavy atom. The molecule has 0 amide bonds. The maximum absolute atomic E-state index is 6.01. The molecule has 0 aromatic carbocycles. The molecule has 2 aromatic heterocycles. The second-order valence-corrected chi connectivity index (χ2v) is 4.26. The molecule has 16 heavy (non-hydrogen) atoms. The van der Waals surface area contributed by atoms with Crippen molar-refractivity contribution in [2.24, 2.45) is 5.73 Å². The third-order valence-corrected chi connectivity index (χ3v) is 3.00. The Kier molecular flexibility index (Phi) is 3.58. The summed E-state index contributed by atoms with van der Waals surface area (Å²) in [7, 11) is 0. The average molecular weight is 234 g/mol. The summed E-state index contributed by atoms with van der Waals surface area (Å²) in [6.07, 6.45) is 3.62. The van der Waals surface area contributed by atoms with Gasteiger partial charge in [0.15, 0.2) is 0 Å². The Morgan fingerprint density at radius 2 is 2.31 bits per heavy atom. The molecule has 0 spiro atoms. The molecule has 0 aliphatic heterocycles. The van der Waals surface area contributed by atoms with E-state index in [1.54, 1.807) is 0 Å². The molecule has 0 radical (unpaired) electrons. The summed E-state index contributed by atoms with van der Waals surface area (Å²) < 4.78 is 3.80. The van der Waals surface area contributed by atoms with E-state index in [0.29, 0.717) is 6.42 Å². The van der Waals surface area contributed by atoms with Crippen molar-refractivity contribution < 1.29 is 0 Å². The van der Waals surface area contributed by atoms with Gasteiger partial charge in [0.05, 0.1) is 11.7 Å². The SMILES string of the molecule is CCc1ccc(CC(N)c2csnn2)nc1. The fraction of sp³-hybridized carbons (Fsp3) is 0.364. The highest BCUT2D eigenvalue weighted by atomic mass is 32.1. The van der Waals surface area contributed by atoms with E-state index in [1.165, 1.54) is 17.1 Å². The molecule has 0 bridgehead atoms. The minimum Gasteiger partial charge on any atom is -0.322 e. The topological polar surface area (TPSA) is 64.7 Å². The van der Waals surface area contributed by atoms with E-state index in [2.05, 4.69) is 27.6 Å². The first-order chi connectivity index (χ1) is 7.79. The summed E-state index contributed by atoms with van der Waals surface area (Å²) in [5.74, 6) is 0. The second kappa shape index (κ2) is 5.14. The van der Waals surface area contributed by atoms with E-state index >= 15 is 0 Å². The second-order valence-electron chi connectivity index (χ2n) is 3.65. The molecule has 4 nitrogen and oxygen atoms in total. The lowest BCUT2D eigenvalue weighted by Crippen LogP contribution is -2.14. The van der Waals surface area contributed by atoms with Crippen LogP contribution in [-0.2, 0) is 12.8 Å². The zero-order valence-corrected chi connectivity index (χ0v) is 9.94. The van der Waals surface area contributed by atoms with Crippen LogP contribution in [0.3, 0.4) is 0 Å². The lowest BCUT2D eigenvalue weighted by molar-refractivity contribution is 0.679. The first-order valence-electron chi connectivity index (χ1n) is 5.26. The third kappa shape index (κ3) is 2.62. The molecule has 0 saturated heterocycles. The van der Waals surface area contributed by atoms with Gasteiger partial charge in [-0.3, -0.25) is 4.98 Å². The number of aryl methyl sites for hydroxylation is 1. The van der Waals surface area contributed by atoms with Gasteiger partial charge in [-0.05, 0) is 29.6 Å². The van der Waals surface area contributed by atoms with Crippen molar-refractivity contribution in [1.82, 2.24) is 14.6 Å². The molecular weight excluding hydrogens is 220 g/mol.